The summed E-state index contributed by atoms with van der Waals surface area (Å²) in [4.78, 5) is 1.22. The first-order valence-corrected chi connectivity index (χ1v) is 7.58. The van der Waals surface area contributed by atoms with Crippen LogP contribution in [-0.2, 0) is 19.2 Å². The monoisotopic (exact) mass is 325 g/mol. The van der Waals surface area contributed by atoms with Crippen molar-refractivity contribution in [3.8, 4) is 0 Å². The molecule has 2 rings (SSSR count). The molecule has 0 fully saturated rings. The van der Waals surface area contributed by atoms with Crippen molar-refractivity contribution in [3.63, 3.8) is 0 Å². The highest BCUT2D eigenvalue weighted by Gasteiger charge is 2.12. The minimum Gasteiger partial charge on any atom is -0.399 e. The van der Waals surface area contributed by atoms with E-state index in [1.165, 1.54) is 10.6 Å². The van der Waals surface area contributed by atoms with Crippen LogP contribution >= 0.6 is 27.7 Å². The first-order valence-electron chi connectivity index (χ1n) is 5.80. The SMILES string of the molecule is CCc1nn(C)c(CSc2ccc(N)cc2)c1Br. The van der Waals surface area contributed by atoms with E-state index in [9.17, 15) is 0 Å². The van der Waals surface area contributed by atoms with E-state index >= 15 is 0 Å². The van der Waals surface area contributed by atoms with Gasteiger partial charge in [-0.3, -0.25) is 4.68 Å². The van der Waals surface area contributed by atoms with Crippen molar-refractivity contribution in [1.82, 2.24) is 9.78 Å². The lowest BCUT2D eigenvalue weighted by Gasteiger charge is -2.04. The molecule has 0 unspecified atom stereocenters. The number of aromatic nitrogens is 2. The number of benzene rings is 1. The molecule has 0 radical (unpaired) electrons. The summed E-state index contributed by atoms with van der Waals surface area (Å²) in [5, 5.41) is 4.49. The average Bonchev–Trinajstić information content (AvgIpc) is 2.64. The van der Waals surface area contributed by atoms with Crippen LogP contribution in [0, 0.1) is 0 Å². The molecule has 2 aromatic rings. The minimum absolute atomic E-state index is 0.800. The molecule has 1 heterocycles. The molecule has 0 saturated carbocycles. The van der Waals surface area contributed by atoms with Gasteiger partial charge in [0.1, 0.15) is 0 Å². The van der Waals surface area contributed by atoms with Crippen LogP contribution in [0.15, 0.2) is 33.6 Å². The summed E-state index contributed by atoms with van der Waals surface area (Å²) in [6.45, 7) is 2.12. The van der Waals surface area contributed by atoms with Crippen molar-refractivity contribution in [1.29, 1.82) is 0 Å². The second-order valence-corrected chi connectivity index (χ2v) is 5.88. The normalized spacial score (nSPS) is 10.8. The maximum atomic E-state index is 5.67. The van der Waals surface area contributed by atoms with Crippen LogP contribution in [0.3, 0.4) is 0 Å². The van der Waals surface area contributed by atoms with Crippen LogP contribution in [-0.4, -0.2) is 9.78 Å². The van der Waals surface area contributed by atoms with Gasteiger partial charge in [-0.25, -0.2) is 0 Å². The number of nitrogen functional groups attached to an aromatic ring is 1. The number of nitrogens with two attached hydrogens (primary N) is 1. The van der Waals surface area contributed by atoms with Crippen LogP contribution < -0.4 is 5.73 Å². The molecule has 0 saturated heterocycles. The van der Waals surface area contributed by atoms with Crippen molar-refractivity contribution in [3.05, 3.63) is 40.1 Å². The summed E-state index contributed by atoms with van der Waals surface area (Å²) in [6, 6.07) is 7.95. The predicted molar refractivity (Wildman–Crippen MR) is 80.7 cm³/mol. The largest absolute Gasteiger partial charge is 0.399 e. The summed E-state index contributed by atoms with van der Waals surface area (Å²) >= 11 is 5.42. The number of hydrogen-bond donors (Lipinski definition) is 1. The molecule has 18 heavy (non-hydrogen) atoms. The van der Waals surface area contributed by atoms with Gasteiger partial charge >= 0.3 is 0 Å². The number of thioether (sulfide) groups is 1. The first-order chi connectivity index (χ1) is 8.61. The van der Waals surface area contributed by atoms with E-state index in [1.807, 2.05) is 36.0 Å². The molecule has 3 nitrogen and oxygen atoms in total. The quantitative estimate of drug-likeness (QED) is 0.689. The van der Waals surface area contributed by atoms with E-state index in [1.54, 1.807) is 11.8 Å². The lowest BCUT2D eigenvalue weighted by atomic mass is 10.3. The number of nitrogens with zero attached hydrogens (tertiary/aromatic N) is 2. The molecule has 0 aliphatic rings. The third-order valence-corrected chi connectivity index (χ3v) is 4.70. The molecule has 2 N–H and O–H groups in total. The van der Waals surface area contributed by atoms with Gasteiger partial charge in [-0.2, -0.15) is 5.10 Å². The van der Waals surface area contributed by atoms with Crippen molar-refractivity contribution in [2.75, 3.05) is 5.73 Å². The molecule has 1 aromatic heterocycles. The highest BCUT2D eigenvalue weighted by molar-refractivity contribution is 9.10. The third-order valence-electron chi connectivity index (χ3n) is 2.76. The van der Waals surface area contributed by atoms with E-state index < -0.39 is 0 Å². The first kappa shape index (κ1) is 13.5. The highest BCUT2D eigenvalue weighted by Crippen LogP contribution is 2.29. The Balaban J connectivity index is 2.10. The Morgan fingerprint density at radius 1 is 1.33 bits per heavy atom. The lowest BCUT2D eigenvalue weighted by molar-refractivity contribution is 0.719. The molecular formula is C13H16BrN3S. The summed E-state index contributed by atoms with van der Waals surface area (Å²) < 4.78 is 3.09. The fourth-order valence-electron chi connectivity index (χ4n) is 1.69. The molecule has 0 atom stereocenters. The second kappa shape index (κ2) is 5.80. The standard InChI is InChI=1S/C13H16BrN3S/c1-3-11-13(14)12(17(2)16-11)8-18-10-6-4-9(15)5-7-10/h4-7H,3,8,15H2,1-2H3. The van der Waals surface area contributed by atoms with Crippen molar-refractivity contribution >= 4 is 33.4 Å². The Bertz CT molecular complexity index is 534. The highest BCUT2D eigenvalue weighted by atomic mass is 79.9. The van der Waals surface area contributed by atoms with Crippen molar-refractivity contribution in [2.24, 2.45) is 7.05 Å². The van der Waals surface area contributed by atoms with Gasteiger partial charge in [-0.05, 0) is 46.6 Å². The molecule has 0 aliphatic carbocycles. The Morgan fingerprint density at radius 3 is 2.56 bits per heavy atom. The molecule has 5 heteroatoms. The summed E-state index contributed by atoms with van der Waals surface area (Å²) in [5.74, 6) is 0.897. The van der Waals surface area contributed by atoms with E-state index in [-0.39, 0.29) is 0 Å². The van der Waals surface area contributed by atoms with Gasteiger partial charge in [0, 0.05) is 23.4 Å². The molecule has 0 bridgehead atoms. The number of anilines is 1. The Labute approximate surface area is 120 Å². The molecule has 0 amide bonds. The smallest absolute Gasteiger partial charge is 0.0767 e. The molecule has 96 valence electrons. The van der Waals surface area contributed by atoms with E-state index in [2.05, 4.69) is 28.0 Å². The van der Waals surface area contributed by atoms with Gasteiger partial charge in [0.2, 0.25) is 0 Å². The maximum Gasteiger partial charge on any atom is 0.0767 e. The number of halogens is 1. The van der Waals surface area contributed by atoms with Crippen molar-refractivity contribution < 1.29 is 0 Å². The van der Waals surface area contributed by atoms with Crippen LogP contribution in [0.1, 0.15) is 18.3 Å². The van der Waals surface area contributed by atoms with Gasteiger partial charge in [0.25, 0.3) is 0 Å². The second-order valence-electron chi connectivity index (χ2n) is 4.04. The third kappa shape index (κ3) is 2.90. The fraction of sp³-hybridized carbons (Fsp3) is 0.308. The zero-order valence-electron chi connectivity index (χ0n) is 10.5. The number of aryl methyl sites for hydroxylation is 2. The maximum absolute atomic E-state index is 5.67. The Hall–Kier alpha value is -0.940. The lowest BCUT2D eigenvalue weighted by Crippen LogP contribution is -1.96. The molecular weight excluding hydrogens is 310 g/mol. The number of rotatable bonds is 4. The predicted octanol–water partition coefficient (Wildman–Crippen LogP) is 3.62. The summed E-state index contributed by atoms with van der Waals surface area (Å²) in [6.07, 6.45) is 0.945. The van der Waals surface area contributed by atoms with Crippen LogP contribution in [0.4, 0.5) is 5.69 Å². The van der Waals surface area contributed by atoms with Crippen molar-refractivity contribution in [2.45, 2.75) is 24.0 Å². The van der Waals surface area contributed by atoms with Gasteiger partial charge < -0.3 is 5.73 Å². The molecule has 1 aromatic carbocycles. The number of hydrogen-bond acceptors (Lipinski definition) is 3. The Morgan fingerprint density at radius 2 is 2.00 bits per heavy atom. The van der Waals surface area contributed by atoms with Crippen LogP contribution in [0.5, 0.6) is 0 Å². The van der Waals surface area contributed by atoms with E-state index in [4.69, 9.17) is 5.73 Å². The van der Waals surface area contributed by atoms with E-state index in [0.29, 0.717) is 0 Å². The van der Waals surface area contributed by atoms with E-state index in [0.717, 1.165) is 28.0 Å². The zero-order chi connectivity index (χ0) is 13.1. The molecule has 0 aliphatic heterocycles. The minimum atomic E-state index is 0.800. The topological polar surface area (TPSA) is 43.8 Å². The average molecular weight is 326 g/mol. The summed E-state index contributed by atoms with van der Waals surface area (Å²) in [7, 11) is 1.99. The zero-order valence-corrected chi connectivity index (χ0v) is 12.9. The van der Waals surface area contributed by atoms with Gasteiger partial charge in [0.05, 0.1) is 15.9 Å². The van der Waals surface area contributed by atoms with Crippen LogP contribution in [0.25, 0.3) is 0 Å². The molecule has 0 spiro atoms. The van der Waals surface area contributed by atoms with Crippen LogP contribution in [0.2, 0.25) is 0 Å². The fourth-order valence-corrected chi connectivity index (χ4v) is 3.60. The summed E-state index contributed by atoms with van der Waals surface area (Å²) in [5.41, 5.74) is 8.81. The Kier molecular flexibility index (Phi) is 4.35. The van der Waals surface area contributed by atoms with Gasteiger partial charge in [-0.15, -0.1) is 11.8 Å². The van der Waals surface area contributed by atoms with Gasteiger partial charge in [0.15, 0.2) is 0 Å². The van der Waals surface area contributed by atoms with Gasteiger partial charge in [-0.1, -0.05) is 6.92 Å².